The molecule has 0 saturated heterocycles. The Labute approximate surface area is 98.3 Å². The summed E-state index contributed by atoms with van der Waals surface area (Å²) in [5, 5.41) is 10.0. The van der Waals surface area contributed by atoms with Crippen molar-refractivity contribution in [1.29, 1.82) is 0 Å². The maximum Gasteiger partial charge on any atom is 0.0701 e. The second-order valence-electron chi connectivity index (χ2n) is 4.27. The van der Waals surface area contributed by atoms with E-state index in [4.69, 9.17) is 0 Å². The van der Waals surface area contributed by atoms with E-state index >= 15 is 0 Å². The van der Waals surface area contributed by atoms with Crippen molar-refractivity contribution in [2.45, 2.75) is 39.7 Å². The summed E-state index contributed by atoms with van der Waals surface area (Å²) < 4.78 is 1.13. The Morgan fingerprint density at radius 1 is 1.50 bits per heavy atom. The van der Waals surface area contributed by atoms with Crippen molar-refractivity contribution < 1.29 is 5.11 Å². The maximum absolute atomic E-state index is 10.0. The fourth-order valence-corrected chi connectivity index (χ4v) is 2.68. The topological polar surface area (TPSA) is 20.2 Å². The van der Waals surface area contributed by atoms with Crippen molar-refractivity contribution in [2.75, 3.05) is 0 Å². The van der Waals surface area contributed by atoms with Crippen LogP contribution in [-0.4, -0.2) is 11.2 Å². The van der Waals surface area contributed by atoms with Gasteiger partial charge < -0.3 is 5.11 Å². The zero-order chi connectivity index (χ0) is 10.8. The second-order valence-corrected chi connectivity index (χ2v) is 6.82. The molecule has 0 saturated carbocycles. The third-order valence-corrected chi connectivity index (χ3v) is 4.48. The highest BCUT2D eigenvalue weighted by molar-refractivity contribution is 9.11. The summed E-state index contributed by atoms with van der Waals surface area (Å²) in [4.78, 5) is 1.24. The molecule has 1 atom stereocenters. The fourth-order valence-electron chi connectivity index (χ4n) is 1.16. The highest BCUT2D eigenvalue weighted by Gasteiger charge is 2.26. The molecule has 0 aliphatic carbocycles. The van der Waals surface area contributed by atoms with Crippen LogP contribution in [0.4, 0.5) is 0 Å². The lowest BCUT2D eigenvalue weighted by molar-refractivity contribution is 0.0486. The largest absolute Gasteiger partial charge is 0.392 e. The van der Waals surface area contributed by atoms with Crippen molar-refractivity contribution >= 4 is 27.3 Å². The molecule has 1 unspecified atom stereocenters. The van der Waals surface area contributed by atoms with Gasteiger partial charge in [-0.25, -0.2) is 0 Å². The zero-order valence-electron chi connectivity index (χ0n) is 8.88. The Morgan fingerprint density at radius 3 is 2.57 bits per heavy atom. The van der Waals surface area contributed by atoms with Crippen LogP contribution in [0.25, 0.3) is 0 Å². The highest BCUT2D eigenvalue weighted by Crippen LogP contribution is 2.30. The Hall–Kier alpha value is 0.140. The van der Waals surface area contributed by atoms with Crippen molar-refractivity contribution in [2.24, 2.45) is 5.41 Å². The third-order valence-electron chi connectivity index (χ3n) is 2.84. The van der Waals surface area contributed by atoms with Crippen molar-refractivity contribution in [3.05, 3.63) is 20.8 Å². The van der Waals surface area contributed by atoms with E-state index in [0.717, 1.165) is 16.6 Å². The van der Waals surface area contributed by atoms with Gasteiger partial charge in [0, 0.05) is 11.3 Å². The minimum Gasteiger partial charge on any atom is -0.392 e. The van der Waals surface area contributed by atoms with E-state index < -0.39 is 0 Å². The summed E-state index contributed by atoms with van der Waals surface area (Å²) in [6.45, 7) is 6.34. The number of aliphatic hydroxyl groups is 1. The monoisotopic (exact) mass is 276 g/mol. The van der Waals surface area contributed by atoms with E-state index in [1.54, 1.807) is 11.3 Å². The first-order chi connectivity index (χ1) is 6.45. The van der Waals surface area contributed by atoms with Crippen LogP contribution in [-0.2, 0) is 6.42 Å². The number of rotatable bonds is 4. The molecule has 1 nitrogen and oxygen atoms in total. The summed E-state index contributed by atoms with van der Waals surface area (Å²) in [5.74, 6) is 0. The molecule has 80 valence electrons. The van der Waals surface area contributed by atoms with E-state index in [1.165, 1.54) is 4.88 Å². The molecule has 3 heteroatoms. The zero-order valence-corrected chi connectivity index (χ0v) is 11.3. The van der Waals surface area contributed by atoms with Gasteiger partial charge in [0.15, 0.2) is 0 Å². The Bertz CT molecular complexity index is 293. The summed E-state index contributed by atoms with van der Waals surface area (Å²) in [7, 11) is 0. The quantitative estimate of drug-likeness (QED) is 0.886. The average Bonchev–Trinajstić information content (AvgIpc) is 2.51. The maximum atomic E-state index is 10.0. The molecule has 0 radical (unpaired) electrons. The van der Waals surface area contributed by atoms with E-state index in [1.807, 2.05) is 6.07 Å². The Kier molecular flexibility index (Phi) is 4.16. The van der Waals surface area contributed by atoms with Gasteiger partial charge in [-0.3, -0.25) is 0 Å². The van der Waals surface area contributed by atoms with Gasteiger partial charge in [-0.15, -0.1) is 11.3 Å². The molecule has 1 aromatic heterocycles. The Morgan fingerprint density at radius 2 is 2.14 bits per heavy atom. The molecule has 0 aliphatic heterocycles. The van der Waals surface area contributed by atoms with E-state index in [0.29, 0.717) is 0 Å². The summed E-state index contributed by atoms with van der Waals surface area (Å²) in [6, 6.07) is 4.11. The van der Waals surface area contributed by atoms with Crippen LogP contribution in [0.3, 0.4) is 0 Å². The first-order valence-corrected chi connectivity index (χ1v) is 6.49. The number of halogens is 1. The molecule has 1 aromatic rings. The highest BCUT2D eigenvalue weighted by atomic mass is 79.9. The molecule has 0 fully saturated rings. The van der Waals surface area contributed by atoms with Crippen LogP contribution in [0.5, 0.6) is 0 Å². The molecule has 0 aliphatic rings. The minimum atomic E-state index is -0.252. The smallest absolute Gasteiger partial charge is 0.0701 e. The second kappa shape index (κ2) is 4.77. The molecular formula is C11H17BrOS. The number of hydrogen-bond acceptors (Lipinski definition) is 2. The predicted octanol–water partition coefficient (Wildman–Crippen LogP) is 3.85. The predicted molar refractivity (Wildman–Crippen MR) is 65.8 cm³/mol. The standard InChI is InChI=1S/C11H17BrOS/c1-4-11(2,3)9(13)7-8-5-6-10(12)14-8/h5-6,9,13H,4,7H2,1-3H3. The van der Waals surface area contributed by atoms with Crippen LogP contribution < -0.4 is 0 Å². The molecule has 0 aromatic carbocycles. The van der Waals surface area contributed by atoms with Crippen LogP contribution in [0, 0.1) is 5.41 Å². The molecular weight excluding hydrogens is 260 g/mol. The molecule has 14 heavy (non-hydrogen) atoms. The van der Waals surface area contributed by atoms with E-state index in [-0.39, 0.29) is 11.5 Å². The SMILES string of the molecule is CCC(C)(C)C(O)Cc1ccc(Br)s1. The number of aliphatic hydroxyl groups excluding tert-OH is 1. The van der Waals surface area contributed by atoms with Gasteiger partial charge in [-0.1, -0.05) is 20.8 Å². The van der Waals surface area contributed by atoms with Gasteiger partial charge in [0.1, 0.15) is 0 Å². The molecule has 0 spiro atoms. The summed E-state index contributed by atoms with van der Waals surface area (Å²) >= 11 is 5.13. The first kappa shape index (κ1) is 12.2. The molecule has 1 rings (SSSR count). The molecule has 0 bridgehead atoms. The lowest BCUT2D eigenvalue weighted by Gasteiger charge is -2.28. The summed E-state index contributed by atoms with van der Waals surface area (Å²) in [6.07, 6.45) is 1.51. The van der Waals surface area contributed by atoms with Gasteiger partial charge >= 0.3 is 0 Å². The lowest BCUT2D eigenvalue weighted by atomic mass is 9.82. The van der Waals surface area contributed by atoms with Gasteiger partial charge in [0.25, 0.3) is 0 Å². The average molecular weight is 277 g/mol. The van der Waals surface area contributed by atoms with E-state index in [9.17, 15) is 5.11 Å². The van der Waals surface area contributed by atoms with Crippen molar-refractivity contribution in [1.82, 2.24) is 0 Å². The molecule has 1 heterocycles. The van der Waals surface area contributed by atoms with Gasteiger partial charge in [-0.2, -0.15) is 0 Å². The van der Waals surface area contributed by atoms with Crippen molar-refractivity contribution in [3.63, 3.8) is 0 Å². The van der Waals surface area contributed by atoms with Crippen molar-refractivity contribution in [3.8, 4) is 0 Å². The van der Waals surface area contributed by atoms with Gasteiger partial charge in [0.05, 0.1) is 9.89 Å². The molecule has 0 amide bonds. The van der Waals surface area contributed by atoms with E-state index in [2.05, 4.69) is 42.8 Å². The van der Waals surface area contributed by atoms with Gasteiger partial charge in [-0.05, 0) is 39.9 Å². The lowest BCUT2D eigenvalue weighted by Crippen LogP contribution is -2.30. The first-order valence-electron chi connectivity index (χ1n) is 4.88. The normalized spacial score (nSPS) is 14.4. The van der Waals surface area contributed by atoms with Crippen LogP contribution in [0.1, 0.15) is 32.1 Å². The number of hydrogen-bond donors (Lipinski definition) is 1. The third kappa shape index (κ3) is 3.07. The summed E-state index contributed by atoms with van der Waals surface area (Å²) in [5.41, 5.74) is 0.0104. The fraction of sp³-hybridized carbons (Fsp3) is 0.636. The van der Waals surface area contributed by atoms with Crippen LogP contribution >= 0.6 is 27.3 Å². The Balaban J connectivity index is 2.61. The number of thiophene rings is 1. The van der Waals surface area contributed by atoms with Gasteiger partial charge in [0.2, 0.25) is 0 Å². The molecule has 1 N–H and O–H groups in total. The van der Waals surface area contributed by atoms with Crippen LogP contribution in [0.15, 0.2) is 15.9 Å². The minimum absolute atomic E-state index is 0.0104. The van der Waals surface area contributed by atoms with Crippen LogP contribution in [0.2, 0.25) is 0 Å².